The molecule has 0 aliphatic carbocycles. The molecule has 0 aromatic carbocycles. The van der Waals surface area contributed by atoms with E-state index in [1.807, 2.05) is 19.1 Å². The van der Waals surface area contributed by atoms with E-state index in [-0.39, 0.29) is 12.1 Å². The van der Waals surface area contributed by atoms with Crippen molar-refractivity contribution in [2.45, 2.75) is 25.5 Å². The molecule has 1 aliphatic heterocycles. The Morgan fingerprint density at radius 1 is 1.38 bits per heavy atom. The minimum absolute atomic E-state index is 0.180. The maximum Gasteiger partial charge on any atom is 0.142 e. The summed E-state index contributed by atoms with van der Waals surface area (Å²) in [5.74, 6) is 0.918. The van der Waals surface area contributed by atoms with Crippen molar-refractivity contribution in [1.82, 2.24) is 15.0 Å². The van der Waals surface area contributed by atoms with E-state index in [1.165, 1.54) is 0 Å². The van der Waals surface area contributed by atoms with Crippen molar-refractivity contribution in [1.29, 1.82) is 5.26 Å². The van der Waals surface area contributed by atoms with Crippen LogP contribution >= 0.6 is 0 Å². The normalized spacial score (nSPS) is 20.0. The van der Waals surface area contributed by atoms with Crippen LogP contribution in [-0.4, -0.2) is 47.3 Å². The summed E-state index contributed by atoms with van der Waals surface area (Å²) in [6.07, 6.45) is 4.33. The molecule has 1 N–H and O–H groups in total. The molecular weight excluding hydrogens is 304 g/mol. The number of aryl methyl sites for hydroxylation is 1. The van der Waals surface area contributed by atoms with Crippen molar-refractivity contribution < 1.29 is 4.74 Å². The van der Waals surface area contributed by atoms with Gasteiger partial charge in [0.2, 0.25) is 0 Å². The number of nitrogens with one attached hydrogen (secondary N) is 1. The van der Waals surface area contributed by atoms with Gasteiger partial charge in [-0.15, -0.1) is 0 Å². The van der Waals surface area contributed by atoms with Crippen LogP contribution in [0.25, 0.3) is 0 Å². The Balaban J connectivity index is 1.73. The van der Waals surface area contributed by atoms with Crippen LogP contribution in [0.4, 0.5) is 11.5 Å². The van der Waals surface area contributed by atoms with Crippen molar-refractivity contribution in [3.05, 3.63) is 42.1 Å². The zero-order chi connectivity index (χ0) is 16.9. The molecule has 1 aliphatic rings. The van der Waals surface area contributed by atoms with Crippen molar-refractivity contribution in [3.63, 3.8) is 0 Å². The van der Waals surface area contributed by atoms with Gasteiger partial charge in [0.25, 0.3) is 0 Å². The van der Waals surface area contributed by atoms with E-state index in [2.05, 4.69) is 31.2 Å². The topological polar surface area (TPSA) is 87.0 Å². The molecular formula is C17H20N6O. The van der Waals surface area contributed by atoms with Gasteiger partial charge in [0.1, 0.15) is 23.9 Å². The summed E-state index contributed by atoms with van der Waals surface area (Å²) in [6, 6.07) is 7.91. The maximum atomic E-state index is 8.95. The van der Waals surface area contributed by atoms with Crippen LogP contribution in [0.15, 0.2) is 30.7 Å². The fourth-order valence-electron chi connectivity index (χ4n) is 2.95. The average molecular weight is 324 g/mol. The number of nitrogens with zero attached hydrogens (tertiary/aromatic N) is 5. The summed E-state index contributed by atoms with van der Waals surface area (Å²) in [6.45, 7) is 3.50. The Kier molecular flexibility index (Phi) is 4.87. The van der Waals surface area contributed by atoms with Gasteiger partial charge in [0.15, 0.2) is 0 Å². The molecule has 3 heterocycles. The predicted octanol–water partition coefficient (Wildman–Crippen LogP) is 1.76. The first-order valence-electron chi connectivity index (χ1n) is 7.87. The number of ether oxygens (including phenoxy) is 1. The molecule has 3 rings (SSSR count). The van der Waals surface area contributed by atoms with Gasteiger partial charge in [0.05, 0.1) is 12.1 Å². The third-order valence-electron chi connectivity index (χ3n) is 4.21. The summed E-state index contributed by atoms with van der Waals surface area (Å²) in [5, 5.41) is 12.3. The predicted molar refractivity (Wildman–Crippen MR) is 90.8 cm³/mol. The van der Waals surface area contributed by atoms with Crippen LogP contribution < -0.4 is 10.2 Å². The molecule has 7 heteroatoms. The highest BCUT2D eigenvalue weighted by Gasteiger charge is 2.32. The lowest BCUT2D eigenvalue weighted by Crippen LogP contribution is -2.35. The molecule has 124 valence electrons. The van der Waals surface area contributed by atoms with E-state index in [0.717, 1.165) is 36.7 Å². The Hall–Kier alpha value is -2.72. The van der Waals surface area contributed by atoms with Crippen LogP contribution in [-0.2, 0) is 4.74 Å². The van der Waals surface area contributed by atoms with Crippen molar-refractivity contribution in [2.75, 3.05) is 30.4 Å². The third kappa shape index (κ3) is 3.60. The Labute approximate surface area is 141 Å². The second-order valence-electron chi connectivity index (χ2n) is 5.84. The highest BCUT2D eigenvalue weighted by Crippen LogP contribution is 2.26. The molecule has 2 aromatic rings. The molecule has 0 saturated carbocycles. The van der Waals surface area contributed by atoms with Gasteiger partial charge in [0, 0.05) is 43.8 Å². The Morgan fingerprint density at radius 3 is 3.00 bits per heavy atom. The van der Waals surface area contributed by atoms with Gasteiger partial charge in [-0.3, -0.25) is 0 Å². The summed E-state index contributed by atoms with van der Waals surface area (Å²) in [4.78, 5) is 14.8. The third-order valence-corrected chi connectivity index (χ3v) is 4.21. The number of anilines is 2. The number of aromatic nitrogens is 3. The number of methoxy groups -OCH3 is 1. The fraction of sp³-hybridized carbons (Fsp3) is 0.412. The number of hydrogen-bond acceptors (Lipinski definition) is 7. The highest BCUT2D eigenvalue weighted by molar-refractivity contribution is 5.48. The highest BCUT2D eigenvalue weighted by atomic mass is 16.5. The van der Waals surface area contributed by atoms with Gasteiger partial charge in [-0.1, -0.05) is 0 Å². The molecule has 2 atom stereocenters. The van der Waals surface area contributed by atoms with Crippen LogP contribution in [0.3, 0.4) is 0 Å². The molecule has 2 aromatic heterocycles. The van der Waals surface area contributed by atoms with Gasteiger partial charge in [-0.25, -0.2) is 15.0 Å². The zero-order valence-electron chi connectivity index (χ0n) is 13.8. The Morgan fingerprint density at radius 2 is 2.25 bits per heavy atom. The van der Waals surface area contributed by atoms with Crippen molar-refractivity contribution in [2.24, 2.45) is 0 Å². The smallest absolute Gasteiger partial charge is 0.142 e. The van der Waals surface area contributed by atoms with Gasteiger partial charge < -0.3 is 15.0 Å². The SMILES string of the molecule is CO[C@H]1C[C@@H](CNc2ccnc(C#N)c2)N(c2cc(C)ncn2)C1. The van der Waals surface area contributed by atoms with Crippen LogP contribution in [0.1, 0.15) is 17.8 Å². The summed E-state index contributed by atoms with van der Waals surface area (Å²) in [7, 11) is 1.74. The molecule has 24 heavy (non-hydrogen) atoms. The molecule has 1 fully saturated rings. The number of rotatable bonds is 5. The lowest BCUT2D eigenvalue weighted by molar-refractivity contribution is 0.118. The van der Waals surface area contributed by atoms with E-state index in [4.69, 9.17) is 10.00 Å². The molecule has 7 nitrogen and oxygen atoms in total. The first-order valence-corrected chi connectivity index (χ1v) is 7.87. The summed E-state index contributed by atoms with van der Waals surface area (Å²) in [5.41, 5.74) is 2.24. The van der Waals surface area contributed by atoms with Crippen LogP contribution in [0, 0.1) is 18.3 Å². The average Bonchev–Trinajstić information content (AvgIpc) is 3.03. The fourth-order valence-corrected chi connectivity index (χ4v) is 2.95. The first kappa shape index (κ1) is 16.1. The van der Waals surface area contributed by atoms with E-state index in [9.17, 15) is 0 Å². The van der Waals surface area contributed by atoms with Gasteiger partial charge in [-0.05, 0) is 25.5 Å². The number of nitriles is 1. The van der Waals surface area contributed by atoms with Gasteiger partial charge in [-0.2, -0.15) is 5.26 Å². The second kappa shape index (κ2) is 7.23. The summed E-state index contributed by atoms with van der Waals surface area (Å²) < 4.78 is 5.55. The Bertz CT molecular complexity index is 744. The van der Waals surface area contributed by atoms with E-state index in [1.54, 1.807) is 25.7 Å². The van der Waals surface area contributed by atoms with Crippen LogP contribution in [0.2, 0.25) is 0 Å². The van der Waals surface area contributed by atoms with Gasteiger partial charge >= 0.3 is 0 Å². The van der Waals surface area contributed by atoms with E-state index in [0.29, 0.717) is 5.69 Å². The monoisotopic (exact) mass is 324 g/mol. The lowest BCUT2D eigenvalue weighted by atomic mass is 10.2. The van der Waals surface area contributed by atoms with E-state index < -0.39 is 0 Å². The molecule has 0 amide bonds. The molecule has 0 radical (unpaired) electrons. The second-order valence-corrected chi connectivity index (χ2v) is 5.84. The maximum absolute atomic E-state index is 8.95. The number of hydrogen-bond donors (Lipinski definition) is 1. The molecule has 0 unspecified atom stereocenters. The van der Waals surface area contributed by atoms with Crippen molar-refractivity contribution in [3.8, 4) is 6.07 Å². The molecule has 0 bridgehead atoms. The van der Waals surface area contributed by atoms with Crippen molar-refractivity contribution >= 4 is 11.5 Å². The standard InChI is InChI=1S/C17H20N6O/c1-12-5-17(22-11-21-12)23-10-16(24-2)7-15(23)9-20-13-3-4-19-14(6-13)8-18/h3-6,11,15-16H,7,9-10H2,1-2H3,(H,19,20)/t15-,16-/m0/s1. The minimum atomic E-state index is 0.180. The zero-order valence-corrected chi connectivity index (χ0v) is 13.8. The minimum Gasteiger partial charge on any atom is -0.383 e. The largest absolute Gasteiger partial charge is 0.383 e. The first-order chi connectivity index (χ1) is 11.7. The quantitative estimate of drug-likeness (QED) is 0.896. The number of pyridine rings is 1. The summed E-state index contributed by atoms with van der Waals surface area (Å²) >= 11 is 0. The van der Waals surface area contributed by atoms with Crippen LogP contribution in [0.5, 0.6) is 0 Å². The lowest BCUT2D eigenvalue weighted by Gasteiger charge is -2.26. The molecule has 0 spiro atoms. The van der Waals surface area contributed by atoms with E-state index >= 15 is 0 Å². The molecule has 1 saturated heterocycles.